The predicted octanol–water partition coefficient (Wildman–Crippen LogP) is 0.173. The van der Waals surface area contributed by atoms with E-state index in [0.717, 1.165) is 11.3 Å². The third-order valence-corrected chi connectivity index (χ3v) is 4.26. The molecule has 0 aliphatic rings. The number of benzene rings is 1. The fourth-order valence-corrected chi connectivity index (χ4v) is 3.13. The van der Waals surface area contributed by atoms with Gasteiger partial charge in [0, 0.05) is 19.7 Å². The number of nitrogens with two attached hydrogens (primary N) is 1. The monoisotopic (exact) mass is 337 g/mol. The summed E-state index contributed by atoms with van der Waals surface area (Å²) in [6, 6.07) is 9.66. The van der Waals surface area contributed by atoms with Gasteiger partial charge in [-0.15, -0.1) is 0 Å². The van der Waals surface area contributed by atoms with Crippen LogP contribution in [0.4, 0.5) is 0 Å². The van der Waals surface area contributed by atoms with Crippen molar-refractivity contribution in [3.8, 4) is 11.3 Å². The molecule has 3 N–H and O–H groups in total. The maximum atomic E-state index is 12.4. The maximum absolute atomic E-state index is 12.4. The van der Waals surface area contributed by atoms with Gasteiger partial charge >= 0.3 is 5.69 Å². The third-order valence-electron chi connectivity index (χ3n) is 4.26. The molecule has 0 amide bonds. The Morgan fingerprint density at radius 2 is 1.88 bits per heavy atom. The van der Waals surface area contributed by atoms with Crippen molar-refractivity contribution in [3.05, 3.63) is 56.9 Å². The van der Waals surface area contributed by atoms with Crippen LogP contribution in [0.25, 0.3) is 28.2 Å². The molecule has 9 nitrogen and oxygen atoms in total. The minimum Gasteiger partial charge on any atom is -0.323 e. The molecule has 1 aromatic carbocycles. The first-order valence-corrected chi connectivity index (χ1v) is 7.53. The summed E-state index contributed by atoms with van der Waals surface area (Å²) in [7, 11) is 3.39. The van der Waals surface area contributed by atoms with E-state index in [-0.39, 0.29) is 5.52 Å². The van der Waals surface area contributed by atoms with Gasteiger partial charge in [0.1, 0.15) is 0 Å². The molecule has 0 fully saturated rings. The highest BCUT2D eigenvalue weighted by atomic mass is 16.2. The fraction of sp³-hybridized carbons (Fsp3) is 0.125. The summed E-state index contributed by atoms with van der Waals surface area (Å²) in [4.78, 5) is 31.1. The first kappa shape index (κ1) is 14.9. The molecule has 3 aromatic heterocycles. The Balaban J connectivity index is 2.27. The predicted molar refractivity (Wildman–Crippen MR) is 94.7 cm³/mol. The molecule has 25 heavy (non-hydrogen) atoms. The van der Waals surface area contributed by atoms with E-state index in [1.165, 1.54) is 10.8 Å². The van der Waals surface area contributed by atoms with E-state index in [4.69, 9.17) is 5.84 Å². The molecule has 0 unspecified atom stereocenters. The number of aromatic amines is 1. The lowest BCUT2D eigenvalue weighted by molar-refractivity contribution is 0.830. The van der Waals surface area contributed by atoms with Crippen LogP contribution in [0.2, 0.25) is 0 Å². The number of aromatic nitrogens is 5. The summed E-state index contributed by atoms with van der Waals surface area (Å²) in [5, 5.41) is 3.64. The lowest BCUT2D eigenvalue weighted by Crippen LogP contribution is -2.28. The largest absolute Gasteiger partial charge is 0.329 e. The number of nitrogens with one attached hydrogen (secondary N) is 1. The van der Waals surface area contributed by atoms with E-state index in [1.807, 2.05) is 41.9 Å². The molecule has 0 saturated heterocycles. The minimum absolute atomic E-state index is 0.268. The van der Waals surface area contributed by atoms with Crippen molar-refractivity contribution in [1.29, 1.82) is 0 Å². The second-order valence-corrected chi connectivity index (χ2v) is 5.67. The molecule has 0 saturated carbocycles. The Hall–Kier alpha value is -3.62. The van der Waals surface area contributed by atoms with Crippen LogP contribution in [-0.2, 0) is 14.1 Å². The van der Waals surface area contributed by atoms with Gasteiger partial charge < -0.3 is 10.4 Å². The van der Waals surface area contributed by atoms with Crippen molar-refractivity contribution >= 4 is 23.2 Å². The fourth-order valence-electron chi connectivity index (χ4n) is 3.13. The molecule has 0 atom stereocenters. The summed E-state index contributed by atoms with van der Waals surface area (Å²) in [6.07, 6.45) is 1.47. The van der Waals surface area contributed by atoms with Gasteiger partial charge in [-0.25, -0.2) is 4.79 Å². The van der Waals surface area contributed by atoms with Gasteiger partial charge in [0.05, 0.1) is 17.6 Å². The van der Waals surface area contributed by atoms with Gasteiger partial charge in [-0.05, 0) is 0 Å². The quantitative estimate of drug-likeness (QED) is 0.308. The number of hydrogen-bond acceptors (Lipinski definition) is 5. The first-order chi connectivity index (χ1) is 12.0. The van der Waals surface area contributed by atoms with Crippen LogP contribution in [0.3, 0.4) is 0 Å². The Bertz CT molecular complexity index is 1260. The molecule has 0 aliphatic heterocycles. The number of hydrogen-bond donors (Lipinski definition) is 2. The third kappa shape index (κ3) is 1.95. The highest BCUT2D eigenvalue weighted by Crippen LogP contribution is 2.27. The lowest BCUT2D eigenvalue weighted by atomic mass is 10.1. The smallest absolute Gasteiger partial charge is 0.323 e. The van der Waals surface area contributed by atoms with Crippen molar-refractivity contribution in [2.45, 2.75) is 0 Å². The van der Waals surface area contributed by atoms with Crippen molar-refractivity contribution in [3.63, 3.8) is 0 Å². The Morgan fingerprint density at radius 3 is 2.56 bits per heavy atom. The van der Waals surface area contributed by atoms with Gasteiger partial charge in [0.15, 0.2) is 11.2 Å². The van der Waals surface area contributed by atoms with Crippen LogP contribution < -0.4 is 17.1 Å². The highest BCUT2D eigenvalue weighted by molar-refractivity contribution is 5.92. The van der Waals surface area contributed by atoms with Gasteiger partial charge in [-0.2, -0.15) is 10.1 Å². The average molecular weight is 337 g/mol. The molecule has 4 aromatic rings. The SMILES string of the molecule is Cn1c(-c2ccccc2)c(/C=N/N)n2c3c(=O)[nH]c(=O)n(C)c3nc12. The van der Waals surface area contributed by atoms with E-state index >= 15 is 0 Å². The highest BCUT2D eigenvalue weighted by Gasteiger charge is 2.22. The van der Waals surface area contributed by atoms with Crippen molar-refractivity contribution in [2.24, 2.45) is 25.0 Å². The lowest BCUT2D eigenvalue weighted by Gasteiger charge is -2.05. The Morgan fingerprint density at radius 1 is 1.16 bits per heavy atom. The van der Waals surface area contributed by atoms with Crippen LogP contribution >= 0.6 is 0 Å². The second-order valence-electron chi connectivity index (χ2n) is 5.67. The standard InChI is InChI=1S/C16H15N7O2/c1-21-11(9-6-4-3-5-7-9)10(8-18-17)23-12-13(19-15(21)23)22(2)16(25)20-14(12)24/h3-8H,17H2,1-2H3,(H,20,24,25)/b18-8+. The van der Waals surface area contributed by atoms with E-state index in [2.05, 4.69) is 15.1 Å². The van der Waals surface area contributed by atoms with Crippen molar-refractivity contribution in [1.82, 2.24) is 23.5 Å². The van der Waals surface area contributed by atoms with E-state index in [9.17, 15) is 9.59 Å². The molecule has 9 heteroatoms. The van der Waals surface area contributed by atoms with Crippen LogP contribution in [-0.4, -0.2) is 29.7 Å². The molecule has 3 heterocycles. The van der Waals surface area contributed by atoms with Crippen LogP contribution in [0.15, 0.2) is 45.0 Å². The zero-order valence-corrected chi connectivity index (χ0v) is 13.6. The van der Waals surface area contributed by atoms with Crippen molar-refractivity contribution < 1.29 is 0 Å². The summed E-state index contributed by atoms with van der Waals surface area (Å²) >= 11 is 0. The normalized spacial score (nSPS) is 11.9. The van der Waals surface area contributed by atoms with E-state index in [0.29, 0.717) is 17.1 Å². The topological polar surface area (TPSA) is 115 Å². The molecule has 0 radical (unpaired) electrons. The summed E-state index contributed by atoms with van der Waals surface area (Å²) in [6.45, 7) is 0. The van der Waals surface area contributed by atoms with Crippen LogP contribution in [0, 0.1) is 0 Å². The number of imidazole rings is 2. The zero-order chi connectivity index (χ0) is 17.7. The Labute approximate surface area is 140 Å². The van der Waals surface area contributed by atoms with Crippen LogP contribution in [0.1, 0.15) is 5.69 Å². The van der Waals surface area contributed by atoms with Gasteiger partial charge in [-0.1, -0.05) is 30.3 Å². The number of rotatable bonds is 2. The summed E-state index contributed by atoms with van der Waals surface area (Å²) in [5.41, 5.74) is 1.89. The second kappa shape index (κ2) is 5.20. The summed E-state index contributed by atoms with van der Waals surface area (Å²) < 4.78 is 4.80. The number of H-pyrrole nitrogens is 1. The molecule has 0 bridgehead atoms. The average Bonchev–Trinajstić information content (AvgIpc) is 3.11. The number of nitrogens with zero attached hydrogens (tertiary/aromatic N) is 5. The number of fused-ring (bicyclic) bond motifs is 3. The molecular formula is C16H15N7O2. The van der Waals surface area contributed by atoms with E-state index < -0.39 is 11.2 Å². The minimum atomic E-state index is -0.516. The van der Waals surface area contributed by atoms with Crippen molar-refractivity contribution in [2.75, 3.05) is 0 Å². The summed E-state index contributed by atoms with van der Waals surface area (Å²) in [5.74, 6) is 5.91. The first-order valence-electron chi connectivity index (χ1n) is 7.53. The zero-order valence-electron chi connectivity index (χ0n) is 13.6. The molecule has 126 valence electrons. The maximum Gasteiger partial charge on any atom is 0.329 e. The van der Waals surface area contributed by atoms with Crippen LogP contribution in [0.5, 0.6) is 0 Å². The van der Waals surface area contributed by atoms with Gasteiger partial charge in [-0.3, -0.25) is 18.7 Å². The Kier molecular flexibility index (Phi) is 3.11. The molecule has 0 spiro atoms. The number of aryl methyl sites for hydroxylation is 2. The molecule has 0 aliphatic carbocycles. The van der Waals surface area contributed by atoms with Gasteiger partial charge in [0.25, 0.3) is 5.56 Å². The molecule has 4 rings (SSSR count). The van der Waals surface area contributed by atoms with Gasteiger partial charge in [0.2, 0.25) is 5.78 Å². The number of hydrazone groups is 1. The van der Waals surface area contributed by atoms with E-state index in [1.54, 1.807) is 11.4 Å². The molecular weight excluding hydrogens is 322 g/mol.